The Morgan fingerprint density at radius 2 is 0.378 bits per heavy atom. The molecule has 0 saturated heterocycles. The van der Waals surface area contributed by atoms with Gasteiger partial charge in [0, 0.05) is 5.41 Å². The summed E-state index contributed by atoms with van der Waals surface area (Å²) < 4.78 is -0.750. The second-order valence-electron chi connectivity index (χ2n) is 13.3. The van der Waals surface area contributed by atoms with Crippen molar-refractivity contribution in [1.82, 2.24) is 0 Å². The first-order valence-electron chi connectivity index (χ1n) is 15.6. The molecule has 12 rings (SSSR count). The third kappa shape index (κ3) is 2.02. The number of alkyl halides is 3. The summed E-state index contributed by atoms with van der Waals surface area (Å²) in [6.07, 6.45) is 0. The normalized spacial score (nSPS) is 31.2. The van der Waals surface area contributed by atoms with E-state index >= 15 is 0 Å². The van der Waals surface area contributed by atoms with Crippen LogP contribution in [0.2, 0.25) is 0 Å². The second-order valence-corrected chi connectivity index (χ2v) is 15.3. The number of hydrogen-bond donors (Lipinski definition) is 0. The molecule has 0 unspecified atom stereocenters. The highest BCUT2D eigenvalue weighted by molar-refractivity contribution is 6.63. The van der Waals surface area contributed by atoms with Gasteiger partial charge < -0.3 is 0 Å². The average Bonchev–Trinajstić information content (AvgIpc) is 3.78. The van der Waals surface area contributed by atoms with E-state index in [1.807, 2.05) is 0 Å². The standard InChI is InChI=1S/C41H24.CHCl3/c1-2-14-26-25(13-1)37-27-15-3-5-17-29(27)39-33-21-9-7-19-31(33)38(26)32-20-8-10-22-34(32)40(41(37,38)39,30-18-6-4-16-28(30)37)36-24-12-11-23-35(36)39;2-1(3)4/h1-24H;1H. The number of fused-ring (bicyclic) bond motifs is 6. The van der Waals surface area contributed by atoms with Gasteiger partial charge in [-0.2, -0.15) is 0 Å². The maximum Gasteiger partial charge on any atom is 0.180 e. The van der Waals surface area contributed by atoms with Crippen molar-refractivity contribution in [1.29, 1.82) is 0 Å². The van der Waals surface area contributed by atoms with E-state index < -0.39 is 4.30 Å². The van der Waals surface area contributed by atoms with Crippen LogP contribution < -0.4 is 0 Å². The van der Waals surface area contributed by atoms with E-state index in [4.69, 9.17) is 34.8 Å². The Morgan fingerprint density at radius 3 is 0.489 bits per heavy atom. The van der Waals surface area contributed by atoms with Crippen molar-refractivity contribution in [2.24, 2.45) is 5.41 Å². The Balaban J connectivity index is 0.000000599. The van der Waals surface area contributed by atoms with Crippen LogP contribution in [0, 0.1) is 5.41 Å². The Bertz CT molecular complexity index is 1750. The molecule has 0 aliphatic heterocycles. The Labute approximate surface area is 277 Å². The average molecular weight is 636 g/mol. The van der Waals surface area contributed by atoms with Gasteiger partial charge in [-0.3, -0.25) is 0 Å². The van der Waals surface area contributed by atoms with Crippen molar-refractivity contribution in [3.63, 3.8) is 0 Å². The van der Waals surface area contributed by atoms with Crippen molar-refractivity contribution in [3.8, 4) is 0 Å². The van der Waals surface area contributed by atoms with Gasteiger partial charge in [-0.05, 0) is 66.8 Å². The van der Waals surface area contributed by atoms with Crippen molar-refractivity contribution >= 4 is 34.8 Å². The Kier molecular flexibility index (Phi) is 4.38. The van der Waals surface area contributed by atoms with Crippen LogP contribution in [-0.2, 0) is 21.7 Å². The second kappa shape index (κ2) is 7.76. The van der Waals surface area contributed by atoms with Gasteiger partial charge in [0.2, 0.25) is 0 Å². The summed E-state index contributed by atoms with van der Waals surface area (Å²) in [5, 5.41) is 0. The molecule has 0 bridgehead atoms. The lowest BCUT2D eigenvalue weighted by molar-refractivity contribution is 0.108. The molecule has 1 spiro atoms. The zero-order chi connectivity index (χ0) is 30.0. The minimum Gasteiger partial charge on any atom is -0.0874 e. The SMILES string of the molecule is ClC(Cl)Cl.c1ccc2c(c1)C13c4ccccc4C45c6ccccc6C26c2ccccc2C(c2ccccc21)(c1ccccc14)C365. The van der Waals surface area contributed by atoms with Crippen LogP contribution in [0.1, 0.15) is 66.8 Å². The number of hydrogen-bond acceptors (Lipinski definition) is 0. The first-order valence-corrected chi connectivity index (χ1v) is 16.9. The van der Waals surface area contributed by atoms with Gasteiger partial charge in [-0.1, -0.05) is 180 Å². The summed E-state index contributed by atoms with van der Waals surface area (Å²) in [6.45, 7) is 0. The quantitative estimate of drug-likeness (QED) is 0.146. The molecule has 3 heteroatoms. The predicted octanol–water partition coefficient (Wildman–Crippen LogP) is 9.98. The molecule has 0 N–H and O–H groups in total. The minimum atomic E-state index is -0.750. The third-order valence-electron chi connectivity index (χ3n) is 12.7. The van der Waals surface area contributed by atoms with Crippen molar-refractivity contribution in [2.45, 2.75) is 26.0 Å². The molecule has 6 aromatic rings. The summed E-state index contributed by atoms with van der Waals surface area (Å²) in [7, 11) is 0. The van der Waals surface area contributed by atoms with E-state index in [-0.39, 0.29) is 27.1 Å². The minimum absolute atomic E-state index is 0.228. The summed E-state index contributed by atoms with van der Waals surface area (Å²) in [6, 6.07) is 57.4. The van der Waals surface area contributed by atoms with Gasteiger partial charge in [0.1, 0.15) is 0 Å². The monoisotopic (exact) mass is 634 g/mol. The molecule has 0 fully saturated rings. The highest BCUT2D eigenvalue weighted by Gasteiger charge is 2.99. The van der Waals surface area contributed by atoms with Crippen LogP contribution in [0.5, 0.6) is 0 Å². The Morgan fingerprint density at radius 1 is 0.267 bits per heavy atom. The maximum atomic E-state index is 4.81. The lowest BCUT2D eigenvalue weighted by atomic mass is 9.47. The van der Waals surface area contributed by atoms with Crippen LogP contribution in [-0.4, -0.2) is 4.30 Å². The number of halogens is 3. The van der Waals surface area contributed by atoms with Crippen LogP contribution in [0.25, 0.3) is 0 Å². The molecule has 0 amide bonds. The maximum absolute atomic E-state index is 4.81. The molecular formula is C42H25Cl3. The van der Waals surface area contributed by atoms with Gasteiger partial charge >= 0.3 is 0 Å². The molecule has 6 aliphatic carbocycles. The van der Waals surface area contributed by atoms with Gasteiger partial charge in [0.25, 0.3) is 0 Å². The third-order valence-corrected chi connectivity index (χ3v) is 12.7. The van der Waals surface area contributed by atoms with Crippen LogP contribution in [0.4, 0.5) is 0 Å². The van der Waals surface area contributed by atoms with Gasteiger partial charge in [0.15, 0.2) is 4.30 Å². The van der Waals surface area contributed by atoms with Crippen LogP contribution in [0.3, 0.4) is 0 Å². The fourth-order valence-electron chi connectivity index (χ4n) is 12.7. The zero-order valence-corrected chi connectivity index (χ0v) is 26.3. The highest BCUT2D eigenvalue weighted by Crippen LogP contribution is 2.99. The molecule has 0 saturated carbocycles. The van der Waals surface area contributed by atoms with E-state index in [2.05, 4.69) is 146 Å². The van der Waals surface area contributed by atoms with E-state index in [0.717, 1.165) is 0 Å². The zero-order valence-electron chi connectivity index (χ0n) is 24.1. The molecule has 0 atom stereocenters. The van der Waals surface area contributed by atoms with Crippen molar-refractivity contribution < 1.29 is 0 Å². The van der Waals surface area contributed by atoms with Crippen molar-refractivity contribution in [2.75, 3.05) is 0 Å². The fraction of sp³-hybridized carbons (Fsp3) is 0.143. The van der Waals surface area contributed by atoms with E-state index in [9.17, 15) is 0 Å². The van der Waals surface area contributed by atoms with Crippen LogP contribution in [0.15, 0.2) is 146 Å². The van der Waals surface area contributed by atoms with Gasteiger partial charge in [0.05, 0.1) is 21.7 Å². The molecule has 45 heavy (non-hydrogen) atoms. The number of rotatable bonds is 0. The van der Waals surface area contributed by atoms with Gasteiger partial charge in [-0.15, -0.1) is 0 Å². The molecular weight excluding hydrogens is 611 g/mol. The largest absolute Gasteiger partial charge is 0.180 e. The molecule has 0 radical (unpaired) electrons. The Hall–Kier alpha value is -3.81. The number of benzene rings is 6. The first-order chi connectivity index (χ1) is 22.1. The molecule has 0 nitrogen and oxygen atoms in total. The first kappa shape index (κ1) is 25.4. The molecule has 0 heterocycles. The highest BCUT2D eigenvalue weighted by atomic mass is 35.6. The van der Waals surface area contributed by atoms with Crippen LogP contribution >= 0.6 is 34.8 Å². The summed E-state index contributed by atoms with van der Waals surface area (Å²) in [5.74, 6) is 0. The predicted molar refractivity (Wildman–Crippen MR) is 182 cm³/mol. The molecule has 6 aromatic carbocycles. The summed E-state index contributed by atoms with van der Waals surface area (Å²) in [4.78, 5) is 0. The molecule has 6 aliphatic rings. The van der Waals surface area contributed by atoms with Gasteiger partial charge in [-0.25, -0.2) is 0 Å². The fourth-order valence-corrected chi connectivity index (χ4v) is 12.7. The molecule has 214 valence electrons. The lowest BCUT2D eigenvalue weighted by Crippen LogP contribution is -2.57. The van der Waals surface area contributed by atoms with E-state index in [1.54, 1.807) is 0 Å². The van der Waals surface area contributed by atoms with E-state index in [0.29, 0.717) is 0 Å². The summed E-state index contributed by atoms with van der Waals surface area (Å²) >= 11 is 14.4. The smallest absolute Gasteiger partial charge is 0.0874 e. The summed E-state index contributed by atoms with van der Waals surface area (Å²) in [5.41, 5.74) is 16.8. The van der Waals surface area contributed by atoms with Crippen molar-refractivity contribution in [3.05, 3.63) is 212 Å². The topological polar surface area (TPSA) is 0 Å². The lowest BCUT2D eigenvalue weighted by Gasteiger charge is -2.51. The molecule has 0 aromatic heterocycles. The van der Waals surface area contributed by atoms with E-state index in [1.165, 1.54) is 66.8 Å².